The molecule has 244 valence electrons. The largest absolute Gasteiger partial charge is 0.444 e. The van der Waals surface area contributed by atoms with Crippen molar-refractivity contribution >= 4 is 46.1 Å². The first-order chi connectivity index (χ1) is 21.4. The van der Waals surface area contributed by atoms with Crippen LogP contribution in [0.25, 0.3) is 22.0 Å². The number of ether oxygens (including phenoxy) is 2. The number of hydrogen-bond acceptors (Lipinski definition) is 7. The SMILES string of the molecule is Cc1nc2c(F)c(-c3cccc(Cl)c3C)c(CCC#N)cc2c(N(C(=O)OC(C)(C)C)[C@H]2[C@H]3C[C@H]2N(C(=O)OC(C)(C)C)C3)c1N. The second kappa shape index (κ2) is 11.9. The summed E-state index contributed by atoms with van der Waals surface area (Å²) in [6.07, 6.45) is -0.0710. The average molecular weight is 650 g/mol. The van der Waals surface area contributed by atoms with Crippen LogP contribution in [0.2, 0.25) is 5.02 Å². The molecule has 3 fully saturated rings. The molecule has 3 atom stereocenters. The molecule has 1 saturated carbocycles. The standard InChI is InChI=1S/C35H41ClFN5O4/c1-18-22(12-9-13-24(18)36)26-20(11-10-14-38)15-23-29(27(26)37)40-19(2)28(39)31(23)42(33(44)46-35(6,7)8)30-21-16-25(30)41(17-21)32(43)45-34(3,4)5/h9,12-13,15,21,25,30H,10-11,16-17,39H2,1-8H3/t21-,25+,30-/m0/s1. The molecular formula is C35H41ClFN5O4. The summed E-state index contributed by atoms with van der Waals surface area (Å²) in [4.78, 5) is 35.1. The van der Waals surface area contributed by atoms with Crippen LogP contribution >= 0.6 is 11.6 Å². The van der Waals surface area contributed by atoms with Crippen LogP contribution in [0.1, 0.15) is 71.2 Å². The molecule has 2 amide bonds. The van der Waals surface area contributed by atoms with E-state index in [1.54, 1.807) is 77.6 Å². The fourth-order valence-corrected chi connectivity index (χ4v) is 6.69. The first-order valence-corrected chi connectivity index (χ1v) is 15.9. The van der Waals surface area contributed by atoms with Crippen LogP contribution in [0.3, 0.4) is 0 Å². The van der Waals surface area contributed by atoms with Crippen LogP contribution < -0.4 is 10.6 Å². The van der Waals surface area contributed by atoms with Gasteiger partial charge in [0, 0.05) is 34.9 Å². The lowest BCUT2D eigenvalue weighted by molar-refractivity contribution is 0.0217. The van der Waals surface area contributed by atoms with Crippen molar-refractivity contribution in [2.45, 2.75) is 97.9 Å². The third-order valence-corrected chi connectivity index (χ3v) is 8.96. The van der Waals surface area contributed by atoms with Gasteiger partial charge in [-0.25, -0.2) is 19.0 Å². The molecule has 0 spiro atoms. The van der Waals surface area contributed by atoms with Crippen molar-refractivity contribution in [2.75, 3.05) is 17.2 Å². The summed E-state index contributed by atoms with van der Waals surface area (Å²) in [5.41, 5.74) is 8.17. The Balaban J connectivity index is 1.75. The maximum atomic E-state index is 16.9. The van der Waals surface area contributed by atoms with E-state index in [2.05, 4.69) is 11.1 Å². The number of rotatable bonds is 5. The molecule has 1 aromatic heterocycles. The van der Waals surface area contributed by atoms with Gasteiger partial charge in [-0.1, -0.05) is 23.7 Å². The Labute approximate surface area is 274 Å². The highest BCUT2D eigenvalue weighted by atomic mass is 35.5. The number of pyridine rings is 1. The van der Waals surface area contributed by atoms with Crippen LogP contribution in [0.5, 0.6) is 0 Å². The molecule has 2 bridgehead atoms. The normalized spacial score (nSPS) is 19.1. The van der Waals surface area contributed by atoms with Gasteiger partial charge in [-0.2, -0.15) is 5.26 Å². The van der Waals surface area contributed by atoms with Crippen LogP contribution in [0.15, 0.2) is 24.3 Å². The van der Waals surface area contributed by atoms with E-state index in [0.29, 0.717) is 51.3 Å². The molecule has 0 unspecified atom stereocenters. The molecule has 2 saturated heterocycles. The smallest absolute Gasteiger partial charge is 0.415 e. The zero-order valence-corrected chi connectivity index (χ0v) is 28.4. The predicted molar refractivity (Wildman–Crippen MR) is 177 cm³/mol. The number of carbonyl (C=O) groups excluding carboxylic acids is 2. The molecule has 46 heavy (non-hydrogen) atoms. The summed E-state index contributed by atoms with van der Waals surface area (Å²) >= 11 is 6.45. The Morgan fingerprint density at radius 2 is 1.85 bits per heavy atom. The highest BCUT2D eigenvalue weighted by Crippen LogP contribution is 2.50. The van der Waals surface area contributed by atoms with Crippen LogP contribution in [0, 0.1) is 36.9 Å². The molecule has 2 aromatic carbocycles. The highest BCUT2D eigenvalue weighted by Gasteiger charge is 2.59. The molecule has 1 aliphatic carbocycles. The number of carbonyl (C=O) groups is 2. The predicted octanol–water partition coefficient (Wildman–Crippen LogP) is 8.10. The summed E-state index contributed by atoms with van der Waals surface area (Å²) in [6, 6.07) is 8.36. The molecular weight excluding hydrogens is 609 g/mol. The lowest BCUT2D eigenvalue weighted by Gasteiger charge is -2.44. The lowest BCUT2D eigenvalue weighted by atomic mass is 9.78. The minimum atomic E-state index is -0.851. The van der Waals surface area contributed by atoms with Crippen molar-refractivity contribution in [3.8, 4) is 17.2 Å². The Kier molecular flexibility index (Phi) is 8.62. The third kappa shape index (κ3) is 6.05. The van der Waals surface area contributed by atoms with Crippen molar-refractivity contribution < 1.29 is 23.5 Å². The topological polar surface area (TPSA) is 122 Å². The maximum Gasteiger partial charge on any atom is 0.415 e. The van der Waals surface area contributed by atoms with E-state index in [-0.39, 0.29) is 41.7 Å². The van der Waals surface area contributed by atoms with Crippen molar-refractivity contribution in [1.82, 2.24) is 9.88 Å². The van der Waals surface area contributed by atoms with Crippen molar-refractivity contribution in [2.24, 2.45) is 5.92 Å². The summed E-state index contributed by atoms with van der Waals surface area (Å²) in [5.74, 6) is -0.680. The maximum absolute atomic E-state index is 16.9. The average Bonchev–Trinajstić information content (AvgIpc) is 3.53. The minimum Gasteiger partial charge on any atom is -0.444 e. The molecule has 3 aliphatic rings. The molecule has 0 radical (unpaired) electrons. The zero-order valence-electron chi connectivity index (χ0n) is 27.6. The second-order valence-corrected chi connectivity index (χ2v) is 14.6. The van der Waals surface area contributed by atoms with E-state index in [1.165, 1.54) is 4.90 Å². The highest BCUT2D eigenvalue weighted by molar-refractivity contribution is 6.31. The number of nitrogens with zero attached hydrogens (tertiary/aromatic N) is 4. The number of aromatic nitrogens is 1. The van der Waals surface area contributed by atoms with Crippen molar-refractivity contribution in [1.29, 1.82) is 5.26 Å². The number of anilines is 2. The molecule has 9 nitrogen and oxygen atoms in total. The van der Waals surface area contributed by atoms with E-state index < -0.39 is 35.2 Å². The summed E-state index contributed by atoms with van der Waals surface area (Å²) < 4.78 is 28.5. The summed E-state index contributed by atoms with van der Waals surface area (Å²) in [5, 5.41) is 10.3. The Hall–Kier alpha value is -4.10. The fraction of sp³-hybridized carbons (Fsp3) is 0.486. The van der Waals surface area contributed by atoms with Crippen molar-refractivity contribution in [3.63, 3.8) is 0 Å². The Bertz CT molecular complexity index is 1770. The number of halogens is 2. The van der Waals surface area contributed by atoms with Gasteiger partial charge in [-0.15, -0.1) is 0 Å². The van der Waals surface area contributed by atoms with Gasteiger partial charge < -0.3 is 20.1 Å². The van der Waals surface area contributed by atoms with Gasteiger partial charge >= 0.3 is 12.2 Å². The molecule has 6 rings (SSSR count). The van der Waals surface area contributed by atoms with Crippen LogP contribution in [-0.4, -0.2) is 51.9 Å². The number of nitrogen functional groups attached to an aromatic ring is 1. The Morgan fingerprint density at radius 3 is 2.48 bits per heavy atom. The van der Waals surface area contributed by atoms with Gasteiger partial charge in [0.05, 0.1) is 35.2 Å². The minimum absolute atomic E-state index is 0.0287. The quantitative estimate of drug-likeness (QED) is 0.296. The van der Waals surface area contributed by atoms with E-state index in [0.717, 1.165) is 0 Å². The first-order valence-electron chi connectivity index (χ1n) is 15.5. The van der Waals surface area contributed by atoms with Gasteiger partial charge in [-0.05, 0) is 97.1 Å². The number of hydrogen-bond donors (Lipinski definition) is 1. The Morgan fingerprint density at radius 1 is 1.17 bits per heavy atom. The number of amides is 2. The van der Waals surface area contributed by atoms with E-state index in [1.807, 2.05) is 6.92 Å². The van der Waals surface area contributed by atoms with Crippen molar-refractivity contribution in [3.05, 3.63) is 51.9 Å². The number of nitriles is 1. The van der Waals surface area contributed by atoms with Gasteiger partial charge in [0.15, 0.2) is 5.82 Å². The molecule has 3 heterocycles. The van der Waals surface area contributed by atoms with Gasteiger partial charge in [0.2, 0.25) is 0 Å². The van der Waals surface area contributed by atoms with Crippen LogP contribution in [0.4, 0.5) is 25.4 Å². The number of benzene rings is 2. The monoisotopic (exact) mass is 649 g/mol. The molecule has 11 heteroatoms. The van der Waals surface area contributed by atoms with Gasteiger partial charge in [0.1, 0.15) is 16.7 Å². The molecule has 2 aliphatic heterocycles. The fourth-order valence-electron chi connectivity index (χ4n) is 6.52. The zero-order chi connectivity index (χ0) is 33.9. The second-order valence-electron chi connectivity index (χ2n) is 14.2. The van der Waals surface area contributed by atoms with Crippen LogP contribution in [-0.2, 0) is 15.9 Å². The number of nitrogens with two attached hydrogens (primary N) is 1. The lowest BCUT2D eigenvalue weighted by Crippen LogP contribution is -2.59. The van der Waals surface area contributed by atoms with E-state index >= 15 is 4.39 Å². The number of aryl methyl sites for hydroxylation is 2. The first kappa shape index (κ1) is 33.3. The van der Waals surface area contributed by atoms with Gasteiger partial charge in [-0.3, -0.25) is 4.90 Å². The summed E-state index contributed by atoms with van der Waals surface area (Å²) in [6.45, 7) is 14.6. The van der Waals surface area contributed by atoms with E-state index in [9.17, 15) is 14.9 Å². The molecule has 2 N–H and O–H groups in total. The third-order valence-electron chi connectivity index (χ3n) is 8.56. The molecule has 3 aromatic rings. The van der Waals surface area contributed by atoms with E-state index in [4.69, 9.17) is 26.8 Å². The summed E-state index contributed by atoms with van der Waals surface area (Å²) in [7, 11) is 0. The number of fused-ring (bicyclic) bond motifs is 2. The van der Waals surface area contributed by atoms with Gasteiger partial charge in [0.25, 0.3) is 0 Å².